The summed E-state index contributed by atoms with van der Waals surface area (Å²) in [5.74, 6) is -0.631. The molecule has 0 N–H and O–H groups in total. The van der Waals surface area contributed by atoms with Gasteiger partial charge in [0.15, 0.2) is 9.84 Å². The van der Waals surface area contributed by atoms with Crippen LogP contribution < -0.4 is 0 Å². The predicted molar refractivity (Wildman–Crippen MR) is 61.4 cm³/mol. The largest absolute Gasteiger partial charge is 0.424 e. The van der Waals surface area contributed by atoms with E-state index in [1.54, 1.807) is 0 Å². The first-order valence-electron chi connectivity index (χ1n) is 5.37. The van der Waals surface area contributed by atoms with Crippen molar-refractivity contribution in [1.29, 1.82) is 0 Å². The Kier molecular flexibility index (Phi) is 3.55. The molecule has 20 heavy (non-hydrogen) atoms. The van der Waals surface area contributed by atoms with E-state index < -0.39 is 32.2 Å². The number of rotatable bonds is 3. The lowest BCUT2D eigenvalue weighted by molar-refractivity contribution is -0.137. The van der Waals surface area contributed by atoms with Crippen LogP contribution in [0.15, 0.2) is 33.6 Å². The first-order chi connectivity index (χ1) is 9.18. The molecule has 0 aliphatic rings. The summed E-state index contributed by atoms with van der Waals surface area (Å²) in [7, 11) is -3.98. The second-order valence-electron chi connectivity index (χ2n) is 4.00. The van der Waals surface area contributed by atoms with Crippen LogP contribution in [0.2, 0.25) is 0 Å². The van der Waals surface area contributed by atoms with E-state index in [-0.39, 0.29) is 11.8 Å². The van der Waals surface area contributed by atoms with Crippen molar-refractivity contribution in [2.24, 2.45) is 0 Å². The van der Waals surface area contributed by atoms with Crippen molar-refractivity contribution >= 4 is 9.84 Å². The number of benzene rings is 1. The van der Waals surface area contributed by atoms with Gasteiger partial charge >= 0.3 is 6.18 Å². The molecule has 5 nitrogen and oxygen atoms in total. The van der Waals surface area contributed by atoms with E-state index in [4.69, 9.17) is 4.42 Å². The van der Waals surface area contributed by atoms with E-state index in [1.807, 2.05) is 0 Å². The smallest absolute Gasteiger partial charge is 0.416 e. The Labute approximate surface area is 112 Å². The third-order valence-corrected chi connectivity index (χ3v) is 4.00. The Hall–Kier alpha value is -1.90. The van der Waals surface area contributed by atoms with E-state index in [0.29, 0.717) is 6.07 Å². The average molecular weight is 306 g/mol. The molecule has 0 bridgehead atoms. The zero-order chi connectivity index (χ0) is 15.0. The Morgan fingerprint density at radius 2 is 1.95 bits per heavy atom. The molecule has 1 aromatic heterocycles. The maximum absolute atomic E-state index is 12.6. The molecule has 0 radical (unpaired) electrons. The van der Waals surface area contributed by atoms with Crippen molar-refractivity contribution in [3.63, 3.8) is 0 Å². The summed E-state index contributed by atoms with van der Waals surface area (Å²) >= 11 is 0. The molecule has 2 aromatic rings. The van der Waals surface area contributed by atoms with Crippen LogP contribution in [0.1, 0.15) is 17.3 Å². The van der Waals surface area contributed by atoms with Gasteiger partial charge in [0.05, 0.1) is 10.5 Å². The monoisotopic (exact) mass is 306 g/mol. The van der Waals surface area contributed by atoms with Crippen LogP contribution in [0.4, 0.5) is 13.2 Å². The number of sulfone groups is 1. The van der Waals surface area contributed by atoms with Crippen molar-refractivity contribution in [3.05, 3.63) is 41.6 Å². The van der Waals surface area contributed by atoms with Gasteiger partial charge in [-0.2, -0.15) is 13.2 Å². The van der Waals surface area contributed by atoms with Gasteiger partial charge in [0.1, 0.15) is 5.75 Å². The van der Waals surface area contributed by atoms with Gasteiger partial charge < -0.3 is 4.42 Å². The molecule has 0 fully saturated rings. The van der Waals surface area contributed by atoms with Crippen LogP contribution in [0, 0.1) is 6.92 Å². The molecule has 0 saturated heterocycles. The Morgan fingerprint density at radius 1 is 1.25 bits per heavy atom. The molecular formula is C11H9F3N2O3S. The Bertz CT molecular complexity index is 723. The minimum atomic E-state index is -4.60. The highest BCUT2D eigenvalue weighted by Crippen LogP contribution is 2.31. The number of aromatic nitrogens is 2. The maximum atomic E-state index is 12.6. The molecule has 1 aromatic carbocycles. The number of nitrogens with zero attached hydrogens (tertiary/aromatic N) is 2. The van der Waals surface area contributed by atoms with Gasteiger partial charge in [0.25, 0.3) is 0 Å². The first kappa shape index (κ1) is 14.5. The fourth-order valence-electron chi connectivity index (χ4n) is 1.51. The van der Waals surface area contributed by atoms with Crippen molar-refractivity contribution in [3.8, 4) is 0 Å². The highest BCUT2D eigenvalue weighted by Gasteiger charge is 2.32. The van der Waals surface area contributed by atoms with Crippen LogP contribution in [-0.4, -0.2) is 18.6 Å². The van der Waals surface area contributed by atoms with Crippen LogP contribution in [0.25, 0.3) is 0 Å². The minimum Gasteiger partial charge on any atom is -0.424 e. The lowest BCUT2D eigenvalue weighted by atomic mass is 10.2. The van der Waals surface area contributed by atoms with Gasteiger partial charge in [-0.15, -0.1) is 10.2 Å². The van der Waals surface area contributed by atoms with Gasteiger partial charge in [0.2, 0.25) is 11.8 Å². The summed E-state index contributed by atoms with van der Waals surface area (Å²) in [6, 6.07) is 3.51. The van der Waals surface area contributed by atoms with Crippen LogP contribution in [0.3, 0.4) is 0 Å². The zero-order valence-corrected chi connectivity index (χ0v) is 11.0. The highest BCUT2D eigenvalue weighted by molar-refractivity contribution is 7.90. The van der Waals surface area contributed by atoms with Crippen LogP contribution >= 0.6 is 0 Å². The quantitative estimate of drug-likeness (QED) is 0.870. The summed E-state index contributed by atoms with van der Waals surface area (Å²) in [6.07, 6.45) is -4.60. The number of hydrogen-bond acceptors (Lipinski definition) is 5. The first-order valence-corrected chi connectivity index (χ1v) is 7.03. The van der Waals surface area contributed by atoms with E-state index in [1.165, 1.54) is 6.92 Å². The SMILES string of the molecule is Cc1nnc(CS(=O)(=O)c2cccc(C(F)(F)F)c2)o1. The van der Waals surface area contributed by atoms with Gasteiger partial charge in [-0.1, -0.05) is 6.07 Å². The Balaban J connectivity index is 2.35. The van der Waals surface area contributed by atoms with Crippen LogP contribution in [-0.2, 0) is 21.8 Å². The average Bonchev–Trinajstić information content (AvgIpc) is 2.73. The molecule has 0 spiro atoms. The van der Waals surface area contributed by atoms with E-state index in [0.717, 1.165) is 18.2 Å². The molecule has 0 saturated carbocycles. The summed E-state index contributed by atoms with van der Waals surface area (Å²) in [5, 5.41) is 6.97. The molecule has 0 amide bonds. The third kappa shape index (κ3) is 3.16. The highest BCUT2D eigenvalue weighted by atomic mass is 32.2. The molecule has 0 aliphatic carbocycles. The van der Waals surface area contributed by atoms with E-state index in [9.17, 15) is 21.6 Å². The number of alkyl halides is 3. The minimum absolute atomic E-state index is 0.167. The number of halogens is 3. The van der Waals surface area contributed by atoms with Crippen molar-refractivity contribution < 1.29 is 26.0 Å². The second-order valence-corrected chi connectivity index (χ2v) is 5.99. The zero-order valence-electron chi connectivity index (χ0n) is 10.2. The Morgan fingerprint density at radius 3 is 2.50 bits per heavy atom. The normalized spacial score (nSPS) is 12.6. The molecule has 2 rings (SSSR count). The second kappa shape index (κ2) is 4.89. The topological polar surface area (TPSA) is 73.1 Å². The maximum Gasteiger partial charge on any atom is 0.416 e. The van der Waals surface area contributed by atoms with Gasteiger partial charge in [-0.3, -0.25) is 0 Å². The van der Waals surface area contributed by atoms with Crippen molar-refractivity contribution in [2.45, 2.75) is 23.7 Å². The molecule has 0 unspecified atom stereocenters. The van der Waals surface area contributed by atoms with Gasteiger partial charge in [0, 0.05) is 6.92 Å². The standard InChI is InChI=1S/C11H9F3N2O3S/c1-7-15-16-10(19-7)6-20(17,18)9-4-2-3-8(5-9)11(12,13)14/h2-5H,6H2,1H3. The van der Waals surface area contributed by atoms with Crippen LogP contribution in [0.5, 0.6) is 0 Å². The van der Waals surface area contributed by atoms with Gasteiger partial charge in [-0.05, 0) is 18.2 Å². The molecule has 0 aliphatic heterocycles. The lowest BCUT2D eigenvalue weighted by Gasteiger charge is -2.08. The fourth-order valence-corrected chi connectivity index (χ4v) is 2.71. The fraction of sp³-hybridized carbons (Fsp3) is 0.273. The summed E-state index contributed by atoms with van der Waals surface area (Å²) in [5.41, 5.74) is -1.03. The molecular weight excluding hydrogens is 297 g/mol. The number of hydrogen-bond donors (Lipinski definition) is 0. The summed E-state index contributed by atoms with van der Waals surface area (Å²) in [4.78, 5) is -0.442. The predicted octanol–water partition coefficient (Wildman–Crippen LogP) is 2.37. The third-order valence-electron chi connectivity index (χ3n) is 2.40. The molecule has 0 atom stereocenters. The molecule has 9 heteroatoms. The van der Waals surface area contributed by atoms with Crippen molar-refractivity contribution in [2.75, 3.05) is 0 Å². The molecule has 1 heterocycles. The summed E-state index contributed by atoms with van der Waals surface area (Å²) in [6.45, 7) is 1.48. The van der Waals surface area contributed by atoms with E-state index >= 15 is 0 Å². The number of aryl methyl sites for hydroxylation is 1. The van der Waals surface area contributed by atoms with Crippen molar-refractivity contribution in [1.82, 2.24) is 10.2 Å². The summed E-state index contributed by atoms with van der Waals surface area (Å²) < 4.78 is 66.6. The van der Waals surface area contributed by atoms with Gasteiger partial charge in [-0.25, -0.2) is 8.42 Å². The van der Waals surface area contributed by atoms with E-state index in [2.05, 4.69) is 10.2 Å². The molecule has 108 valence electrons. The lowest BCUT2D eigenvalue weighted by Crippen LogP contribution is -2.09.